The van der Waals surface area contributed by atoms with Gasteiger partial charge in [-0.3, -0.25) is 9.59 Å². The van der Waals surface area contributed by atoms with Crippen LogP contribution in [0.3, 0.4) is 0 Å². The van der Waals surface area contributed by atoms with E-state index in [0.717, 1.165) is 28.9 Å². The zero-order valence-electron chi connectivity index (χ0n) is 20.5. The average Bonchev–Trinajstić information content (AvgIpc) is 3.50. The Hall–Kier alpha value is -4.06. The molecule has 35 heavy (non-hydrogen) atoms. The monoisotopic (exact) mass is 469 g/mol. The number of benzene rings is 2. The van der Waals surface area contributed by atoms with Gasteiger partial charge in [0.1, 0.15) is 5.76 Å². The molecule has 6 heteroatoms. The lowest BCUT2D eigenvalue weighted by Gasteiger charge is -2.23. The molecule has 6 nitrogen and oxygen atoms in total. The first-order valence-electron chi connectivity index (χ1n) is 11.9. The van der Waals surface area contributed by atoms with E-state index >= 15 is 0 Å². The summed E-state index contributed by atoms with van der Waals surface area (Å²) in [7, 11) is 0. The summed E-state index contributed by atoms with van der Waals surface area (Å²) in [5.41, 5.74) is 4.67. The van der Waals surface area contributed by atoms with E-state index in [1.165, 1.54) is 0 Å². The minimum Gasteiger partial charge on any atom is -0.454 e. The van der Waals surface area contributed by atoms with Crippen LogP contribution in [0.4, 0.5) is 5.69 Å². The number of nitrogens with one attached hydrogen (secondary N) is 1. The van der Waals surface area contributed by atoms with Crippen molar-refractivity contribution in [3.05, 3.63) is 113 Å². The second-order valence-electron chi connectivity index (χ2n) is 8.81. The van der Waals surface area contributed by atoms with Crippen LogP contribution in [0.5, 0.6) is 0 Å². The number of hydrogen-bond acceptors (Lipinski definition) is 3. The third kappa shape index (κ3) is 6.09. The summed E-state index contributed by atoms with van der Waals surface area (Å²) in [4.78, 5) is 27.6. The van der Waals surface area contributed by atoms with Gasteiger partial charge in [0.2, 0.25) is 0 Å². The summed E-state index contributed by atoms with van der Waals surface area (Å²) in [6, 6.07) is 22.8. The van der Waals surface area contributed by atoms with Crippen LogP contribution < -0.4 is 5.32 Å². The molecule has 0 aliphatic carbocycles. The molecule has 4 aromatic rings. The minimum atomic E-state index is -0.286. The fraction of sp³-hybridized carbons (Fsp3) is 0.241. The summed E-state index contributed by atoms with van der Waals surface area (Å²) in [5, 5.41) is 2.86. The van der Waals surface area contributed by atoms with Crippen molar-refractivity contribution in [2.24, 2.45) is 0 Å². The molecule has 2 aromatic carbocycles. The Labute approximate surface area is 206 Å². The van der Waals surface area contributed by atoms with Crippen molar-refractivity contribution < 1.29 is 14.0 Å². The van der Waals surface area contributed by atoms with Gasteiger partial charge in [-0.15, -0.1) is 0 Å². The number of carbonyl (C=O) groups excluding carboxylic acids is 2. The quantitative estimate of drug-likeness (QED) is 0.324. The number of anilines is 1. The van der Waals surface area contributed by atoms with E-state index in [2.05, 4.69) is 12.2 Å². The van der Waals surface area contributed by atoms with Crippen molar-refractivity contribution in [2.75, 3.05) is 11.9 Å². The van der Waals surface area contributed by atoms with Crippen LogP contribution in [-0.4, -0.2) is 27.8 Å². The second-order valence-corrected chi connectivity index (χ2v) is 8.81. The topological polar surface area (TPSA) is 67.5 Å². The van der Waals surface area contributed by atoms with Gasteiger partial charge in [0.25, 0.3) is 11.8 Å². The Bertz CT molecular complexity index is 1280. The van der Waals surface area contributed by atoms with Gasteiger partial charge in [-0.1, -0.05) is 42.3 Å². The normalized spacial score (nSPS) is 10.8. The lowest BCUT2D eigenvalue weighted by molar-refractivity contribution is 0.0739. The van der Waals surface area contributed by atoms with Gasteiger partial charge < -0.3 is 19.2 Å². The number of rotatable bonds is 9. The number of aryl methyl sites for hydroxylation is 2. The first kappa shape index (κ1) is 24.1. The van der Waals surface area contributed by atoms with Crippen molar-refractivity contribution in [1.29, 1.82) is 0 Å². The summed E-state index contributed by atoms with van der Waals surface area (Å²) in [6.07, 6.45) is 2.83. The van der Waals surface area contributed by atoms with Gasteiger partial charge in [0.05, 0.1) is 13.1 Å². The molecule has 0 unspecified atom stereocenters. The first-order chi connectivity index (χ1) is 16.9. The number of carbonyl (C=O) groups is 2. The third-order valence-electron chi connectivity index (χ3n) is 5.88. The van der Waals surface area contributed by atoms with E-state index < -0.39 is 0 Å². The number of nitrogens with zero attached hydrogens (tertiary/aromatic N) is 2. The highest BCUT2D eigenvalue weighted by Crippen LogP contribution is 2.17. The highest BCUT2D eigenvalue weighted by molar-refractivity contribution is 6.02. The fourth-order valence-electron chi connectivity index (χ4n) is 3.93. The predicted octanol–water partition coefficient (Wildman–Crippen LogP) is 6.05. The maximum absolute atomic E-state index is 13.1. The maximum atomic E-state index is 13.1. The second kappa shape index (κ2) is 10.9. The van der Waals surface area contributed by atoms with Crippen LogP contribution in [0.2, 0.25) is 0 Å². The van der Waals surface area contributed by atoms with Crippen molar-refractivity contribution in [2.45, 2.75) is 40.3 Å². The molecule has 1 N–H and O–H groups in total. The molecule has 0 aliphatic rings. The van der Waals surface area contributed by atoms with Crippen molar-refractivity contribution >= 4 is 17.5 Å². The largest absolute Gasteiger partial charge is 0.454 e. The molecule has 2 amide bonds. The molecule has 2 heterocycles. The predicted molar refractivity (Wildman–Crippen MR) is 138 cm³/mol. The van der Waals surface area contributed by atoms with Crippen molar-refractivity contribution in [1.82, 2.24) is 9.47 Å². The van der Waals surface area contributed by atoms with Crippen LogP contribution in [0.1, 0.15) is 56.8 Å². The molecule has 0 radical (unpaired) electrons. The highest BCUT2D eigenvalue weighted by Gasteiger charge is 2.18. The van der Waals surface area contributed by atoms with E-state index in [-0.39, 0.29) is 17.6 Å². The van der Waals surface area contributed by atoms with Gasteiger partial charge >= 0.3 is 0 Å². The number of furan rings is 1. The van der Waals surface area contributed by atoms with Gasteiger partial charge in [-0.2, -0.15) is 0 Å². The van der Waals surface area contributed by atoms with Gasteiger partial charge in [0, 0.05) is 29.7 Å². The highest BCUT2D eigenvalue weighted by atomic mass is 16.4. The zero-order valence-corrected chi connectivity index (χ0v) is 20.5. The Balaban J connectivity index is 1.43. The van der Waals surface area contributed by atoms with E-state index in [0.29, 0.717) is 31.0 Å². The molecule has 0 bridgehead atoms. The Kier molecular flexibility index (Phi) is 7.51. The van der Waals surface area contributed by atoms with Crippen LogP contribution in [0, 0.1) is 13.8 Å². The molecule has 0 saturated carbocycles. The lowest BCUT2D eigenvalue weighted by atomic mass is 10.1. The summed E-state index contributed by atoms with van der Waals surface area (Å²) >= 11 is 0. The van der Waals surface area contributed by atoms with Crippen LogP contribution in [0.15, 0.2) is 83.4 Å². The molecule has 0 spiro atoms. The molecule has 4 rings (SSSR count). The fourth-order valence-corrected chi connectivity index (χ4v) is 3.93. The van der Waals surface area contributed by atoms with Crippen LogP contribution in [0.25, 0.3) is 0 Å². The van der Waals surface area contributed by atoms with Crippen molar-refractivity contribution in [3.63, 3.8) is 0 Å². The lowest BCUT2D eigenvalue weighted by Crippen LogP contribution is -2.32. The molecular weight excluding hydrogens is 438 g/mol. The van der Waals surface area contributed by atoms with Crippen LogP contribution >= 0.6 is 0 Å². The Morgan fingerprint density at radius 1 is 0.914 bits per heavy atom. The SMILES string of the molecule is CCCN(Cc1cccn1Cc1ccc(C(=O)Nc2ccc(C)cc2)o1)C(=O)c1ccc(C)cc1. The van der Waals surface area contributed by atoms with Crippen LogP contribution in [-0.2, 0) is 13.1 Å². The molecule has 0 atom stereocenters. The van der Waals surface area contributed by atoms with E-state index in [9.17, 15) is 9.59 Å². The summed E-state index contributed by atoms with van der Waals surface area (Å²) in [6.45, 7) is 7.72. The molecule has 0 saturated heterocycles. The Morgan fingerprint density at radius 3 is 2.29 bits per heavy atom. The maximum Gasteiger partial charge on any atom is 0.291 e. The molecular formula is C29H31N3O3. The smallest absolute Gasteiger partial charge is 0.291 e. The summed E-state index contributed by atoms with van der Waals surface area (Å²) in [5.74, 6) is 0.665. The van der Waals surface area contributed by atoms with Gasteiger partial charge in [0.15, 0.2) is 5.76 Å². The molecule has 0 aliphatic heterocycles. The first-order valence-corrected chi connectivity index (χ1v) is 11.9. The standard InChI is InChI=1S/C29H31N3O3/c1-4-17-32(29(34)23-11-7-21(2)8-12-23)19-25-6-5-18-31(25)20-26-15-16-27(35-26)28(33)30-24-13-9-22(3)10-14-24/h5-16,18H,4,17,19-20H2,1-3H3,(H,30,33). The minimum absolute atomic E-state index is 0.0210. The molecule has 0 fully saturated rings. The zero-order chi connectivity index (χ0) is 24.8. The third-order valence-corrected chi connectivity index (χ3v) is 5.88. The van der Waals surface area contributed by atoms with E-state index in [1.807, 2.05) is 96.2 Å². The number of aromatic nitrogens is 1. The number of hydrogen-bond donors (Lipinski definition) is 1. The Morgan fingerprint density at radius 2 is 1.60 bits per heavy atom. The van der Waals surface area contributed by atoms with E-state index in [4.69, 9.17) is 4.42 Å². The molecule has 2 aromatic heterocycles. The summed E-state index contributed by atoms with van der Waals surface area (Å²) < 4.78 is 7.88. The van der Waals surface area contributed by atoms with Gasteiger partial charge in [-0.25, -0.2) is 0 Å². The number of amides is 2. The molecule has 180 valence electrons. The average molecular weight is 470 g/mol. The van der Waals surface area contributed by atoms with Crippen molar-refractivity contribution in [3.8, 4) is 0 Å². The van der Waals surface area contributed by atoms with Gasteiger partial charge in [-0.05, 0) is 68.8 Å². The van der Waals surface area contributed by atoms with E-state index in [1.54, 1.807) is 6.07 Å².